The number of rotatable bonds is 2. The number of hydrogen-bond donors (Lipinski definition) is 2. The topological polar surface area (TPSA) is 78.9 Å². The number of carbonyl (C=O) groups excluding carboxylic acids is 1. The van der Waals surface area contributed by atoms with Crippen molar-refractivity contribution in [3.05, 3.63) is 24.3 Å². The van der Waals surface area contributed by atoms with Gasteiger partial charge < -0.3 is 15.2 Å². The molecule has 0 unspecified atom stereocenters. The molecule has 0 saturated heterocycles. The maximum atomic E-state index is 12.5. The molecule has 0 atom stereocenters. The summed E-state index contributed by atoms with van der Waals surface area (Å²) in [4.78, 5) is 25.5. The van der Waals surface area contributed by atoms with Gasteiger partial charge in [-0.1, -0.05) is 12.1 Å². The lowest BCUT2D eigenvalue weighted by atomic mass is 9.77. The average Bonchev–Trinajstić information content (AvgIpc) is 2.64. The van der Waals surface area contributed by atoms with Crippen LogP contribution in [0.4, 0.5) is 10.5 Å². The van der Waals surface area contributed by atoms with E-state index < -0.39 is 11.5 Å². The van der Waals surface area contributed by atoms with Crippen LogP contribution < -0.4 is 15.0 Å². The van der Waals surface area contributed by atoms with Crippen molar-refractivity contribution in [3.8, 4) is 5.75 Å². The number of fused-ring (bicyclic) bond motifs is 1. The minimum absolute atomic E-state index is 0.366. The van der Waals surface area contributed by atoms with Crippen molar-refractivity contribution in [1.82, 2.24) is 5.32 Å². The molecule has 1 aliphatic carbocycles. The third-order valence-electron chi connectivity index (χ3n) is 4.15. The largest absolute Gasteiger partial charge is 0.491 e. The Morgan fingerprint density at radius 2 is 2.00 bits per heavy atom. The number of nitrogens with one attached hydrogen (secondary N) is 1. The first-order valence-corrected chi connectivity index (χ1v) is 7.17. The molecule has 6 heteroatoms. The van der Waals surface area contributed by atoms with Gasteiger partial charge in [0.05, 0.1) is 12.3 Å². The third kappa shape index (κ3) is 2.41. The minimum Gasteiger partial charge on any atom is -0.491 e. The monoisotopic (exact) mass is 290 g/mol. The number of urea groups is 1. The zero-order valence-corrected chi connectivity index (χ0v) is 11.7. The summed E-state index contributed by atoms with van der Waals surface area (Å²) >= 11 is 0. The summed E-state index contributed by atoms with van der Waals surface area (Å²) in [6, 6.07) is 6.95. The van der Waals surface area contributed by atoms with Crippen LogP contribution in [0.5, 0.6) is 5.75 Å². The molecule has 1 aromatic carbocycles. The minimum atomic E-state index is -1.10. The number of benzene rings is 1. The average molecular weight is 290 g/mol. The lowest BCUT2D eigenvalue weighted by Gasteiger charge is -2.39. The molecule has 1 aromatic rings. The van der Waals surface area contributed by atoms with Gasteiger partial charge in [-0.3, -0.25) is 4.90 Å². The van der Waals surface area contributed by atoms with E-state index in [1.165, 1.54) is 0 Å². The smallest absolute Gasteiger partial charge is 0.329 e. The van der Waals surface area contributed by atoms with E-state index in [0.717, 1.165) is 6.42 Å². The molecule has 1 heterocycles. The van der Waals surface area contributed by atoms with Crippen LogP contribution in [-0.2, 0) is 4.79 Å². The predicted octanol–water partition coefficient (Wildman–Crippen LogP) is 1.99. The summed E-state index contributed by atoms with van der Waals surface area (Å²) in [5.41, 5.74) is -0.411. The molecule has 1 aliphatic heterocycles. The zero-order valence-electron chi connectivity index (χ0n) is 11.7. The zero-order chi connectivity index (χ0) is 14.9. The van der Waals surface area contributed by atoms with E-state index in [4.69, 9.17) is 4.74 Å². The number of carbonyl (C=O) groups is 2. The van der Waals surface area contributed by atoms with E-state index in [1.807, 2.05) is 24.3 Å². The molecule has 6 nitrogen and oxygen atoms in total. The second kappa shape index (κ2) is 5.27. The maximum absolute atomic E-state index is 12.5. The fourth-order valence-corrected chi connectivity index (χ4v) is 2.73. The molecule has 2 amide bonds. The number of carboxylic acids is 1. The van der Waals surface area contributed by atoms with Crippen molar-refractivity contribution in [2.45, 2.75) is 31.2 Å². The molecule has 112 valence electrons. The molecule has 21 heavy (non-hydrogen) atoms. The fraction of sp³-hybridized carbons (Fsp3) is 0.467. The Hall–Kier alpha value is -2.24. The number of ether oxygens (including phenoxy) is 1. The lowest BCUT2D eigenvalue weighted by molar-refractivity contribution is -0.148. The summed E-state index contributed by atoms with van der Waals surface area (Å²) in [6.45, 7) is 1.06. The SMILES string of the molecule is O=C(NC1(C(=O)O)CCC1)N1CCCOc2ccccc21. The van der Waals surface area contributed by atoms with Crippen molar-refractivity contribution >= 4 is 17.7 Å². The van der Waals surface area contributed by atoms with E-state index in [0.29, 0.717) is 43.9 Å². The molecule has 3 rings (SSSR count). The number of aliphatic carboxylic acids is 1. The molecular formula is C15H18N2O4. The number of nitrogens with zero attached hydrogens (tertiary/aromatic N) is 1. The van der Waals surface area contributed by atoms with Crippen LogP contribution in [0.3, 0.4) is 0 Å². The van der Waals surface area contributed by atoms with Crippen molar-refractivity contribution < 1.29 is 19.4 Å². The summed E-state index contributed by atoms with van der Waals surface area (Å²) in [6.07, 6.45) is 2.51. The van der Waals surface area contributed by atoms with Gasteiger partial charge in [0, 0.05) is 6.54 Å². The molecule has 0 radical (unpaired) electrons. The van der Waals surface area contributed by atoms with Gasteiger partial charge in [-0.15, -0.1) is 0 Å². The van der Waals surface area contributed by atoms with Gasteiger partial charge in [-0.05, 0) is 37.8 Å². The van der Waals surface area contributed by atoms with Crippen LogP contribution >= 0.6 is 0 Å². The molecule has 2 N–H and O–H groups in total. The van der Waals surface area contributed by atoms with E-state index in [1.54, 1.807) is 4.90 Å². The van der Waals surface area contributed by atoms with Gasteiger partial charge in [0.15, 0.2) is 0 Å². The second-order valence-electron chi connectivity index (χ2n) is 5.49. The Morgan fingerprint density at radius 1 is 1.24 bits per heavy atom. The quantitative estimate of drug-likeness (QED) is 0.873. The van der Waals surface area contributed by atoms with E-state index in [2.05, 4.69) is 5.32 Å². The fourth-order valence-electron chi connectivity index (χ4n) is 2.73. The normalized spacial score (nSPS) is 19.5. The Labute approximate surface area is 122 Å². The van der Waals surface area contributed by atoms with E-state index >= 15 is 0 Å². The highest BCUT2D eigenvalue weighted by molar-refractivity contribution is 5.97. The molecule has 2 aliphatic rings. The van der Waals surface area contributed by atoms with Gasteiger partial charge in [0.25, 0.3) is 0 Å². The van der Waals surface area contributed by atoms with Crippen molar-refractivity contribution in [1.29, 1.82) is 0 Å². The van der Waals surface area contributed by atoms with Crippen LogP contribution in [0, 0.1) is 0 Å². The number of carboxylic acid groups (broad SMARTS) is 1. The first-order chi connectivity index (χ1) is 10.1. The van der Waals surface area contributed by atoms with Crippen LogP contribution in [0.2, 0.25) is 0 Å². The molecule has 0 bridgehead atoms. The van der Waals surface area contributed by atoms with Crippen LogP contribution in [-0.4, -0.2) is 35.8 Å². The molecule has 1 saturated carbocycles. The van der Waals surface area contributed by atoms with Crippen molar-refractivity contribution in [2.75, 3.05) is 18.1 Å². The lowest BCUT2D eigenvalue weighted by Crippen LogP contribution is -2.61. The van der Waals surface area contributed by atoms with Gasteiger partial charge in [0.1, 0.15) is 11.3 Å². The first-order valence-electron chi connectivity index (χ1n) is 7.17. The summed E-state index contributed by atoms with van der Waals surface area (Å²) in [7, 11) is 0. The van der Waals surface area contributed by atoms with Crippen molar-refractivity contribution in [3.63, 3.8) is 0 Å². The number of anilines is 1. The standard InChI is InChI=1S/C15H18N2O4/c18-13(19)15(7-3-8-15)16-14(20)17-9-4-10-21-12-6-2-1-5-11(12)17/h1-2,5-6H,3-4,7-10H2,(H,16,20)(H,18,19). The maximum Gasteiger partial charge on any atom is 0.329 e. The van der Waals surface area contributed by atoms with Gasteiger partial charge in [-0.2, -0.15) is 0 Å². The number of hydrogen-bond acceptors (Lipinski definition) is 3. The molecule has 0 spiro atoms. The summed E-state index contributed by atoms with van der Waals surface area (Å²) in [5, 5.41) is 12.0. The predicted molar refractivity (Wildman–Crippen MR) is 76.6 cm³/mol. The Bertz CT molecular complexity index is 569. The first kappa shape index (κ1) is 13.7. The third-order valence-corrected chi connectivity index (χ3v) is 4.15. The highest BCUT2D eigenvalue weighted by Gasteiger charge is 2.46. The highest BCUT2D eigenvalue weighted by Crippen LogP contribution is 2.34. The van der Waals surface area contributed by atoms with Gasteiger partial charge >= 0.3 is 12.0 Å². The molecular weight excluding hydrogens is 272 g/mol. The van der Waals surface area contributed by atoms with Crippen LogP contribution in [0.25, 0.3) is 0 Å². The molecule has 1 fully saturated rings. The van der Waals surface area contributed by atoms with Crippen LogP contribution in [0.1, 0.15) is 25.7 Å². The van der Waals surface area contributed by atoms with E-state index in [-0.39, 0.29) is 6.03 Å². The molecule has 0 aromatic heterocycles. The van der Waals surface area contributed by atoms with Gasteiger partial charge in [0.2, 0.25) is 0 Å². The number of amides is 2. The second-order valence-corrected chi connectivity index (χ2v) is 5.49. The van der Waals surface area contributed by atoms with E-state index in [9.17, 15) is 14.7 Å². The summed E-state index contributed by atoms with van der Waals surface area (Å²) < 4.78 is 5.61. The Balaban J connectivity index is 1.83. The number of para-hydroxylation sites is 2. The van der Waals surface area contributed by atoms with Gasteiger partial charge in [-0.25, -0.2) is 9.59 Å². The van der Waals surface area contributed by atoms with Crippen molar-refractivity contribution in [2.24, 2.45) is 0 Å². The van der Waals surface area contributed by atoms with Crippen LogP contribution in [0.15, 0.2) is 24.3 Å². The Kier molecular flexibility index (Phi) is 3.45. The highest BCUT2D eigenvalue weighted by atomic mass is 16.5. The summed E-state index contributed by atoms with van der Waals surface area (Å²) in [5.74, 6) is -0.301. The Morgan fingerprint density at radius 3 is 2.67 bits per heavy atom.